The highest BCUT2D eigenvalue weighted by Gasteiger charge is 2.37. The van der Waals surface area contributed by atoms with E-state index >= 15 is 0 Å². The molecule has 2 rings (SSSR count). The number of nitrogens with zero attached hydrogens (tertiary/aromatic N) is 3. The molecule has 1 heterocycles. The van der Waals surface area contributed by atoms with Gasteiger partial charge in [-0.25, -0.2) is 9.59 Å². The maximum Gasteiger partial charge on any atom is 0.334 e. The number of hydrogen-bond donors (Lipinski definition) is 2. The van der Waals surface area contributed by atoms with Crippen molar-refractivity contribution >= 4 is 41.5 Å². The highest BCUT2D eigenvalue weighted by atomic mass is 16.6. The number of nitrogens with one attached hydrogen (secondary N) is 2. The van der Waals surface area contributed by atoms with Gasteiger partial charge in [-0.2, -0.15) is 0 Å². The molecule has 7 atom stereocenters. The van der Waals surface area contributed by atoms with E-state index in [0.717, 1.165) is 5.56 Å². The number of carbonyl (C=O) groups excluding carboxylic acids is 7. The van der Waals surface area contributed by atoms with Crippen molar-refractivity contribution in [2.24, 2.45) is 17.8 Å². The molecular weight excluding hydrogens is 730 g/mol. The third-order valence-electron chi connectivity index (χ3n) is 10.6. The van der Waals surface area contributed by atoms with Crippen LogP contribution < -0.4 is 10.6 Å². The first-order valence-electron chi connectivity index (χ1n) is 20.2. The summed E-state index contributed by atoms with van der Waals surface area (Å²) < 4.78 is 11.6. The molecule has 0 radical (unpaired) electrons. The summed E-state index contributed by atoms with van der Waals surface area (Å²) in [4.78, 5) is 99.4. The lowest BCUT2D eigenvalue weighted by molar-refractivity contribution is -0.161. The average Bonchev–Trinajstić information content (AvgIpc) is 3.17. The first kappa shape index (κ1) is 48.4. The maximum atomic E-state index is 14.1. The molecule has 14 nitrogen and oxygen atoms in total. The van der Waals surface area contributed by atoms with Crippen molar-refractivity contribution in [2.45, 2.75) is 137 Å². The van der Waals surface area contributed by atoms with Crippen LogP contribution in [0.4, 0.5) is 0 Å². The summed E-state index contributed by atoms with van der Waals surface area (Å²) in [6, 6.07) is 4.94. The minimum atomic E-state index is -1.18. The second kappa shape index (κ2) is 22.9. The topological polar surface area (TPSA) is 172 Å². The van der Waals surface area contributed by atoms with Gasteiger partial charge in [-0.05, 0) is 69.8 Å². The molecule has 0 bridgehead atoms. The molecule has 1 aliphatic rings. The minimum Gasteiger partial charge on any atom is -0.461 e. The third-order valence-corrected chi connectivity index (χ3v) is 10.6. The van der Waals surface area contributed by atoms with Crippen LogP contribution in [0, 0.1) is 17.8 Å². The van der Waals surface area contributed by atoms with Gasteiger partial charge in [-0.1, -0.05) is 84.4 Å². The van der Waals surface area contributed by atoms with Crippen molar-refractivity contribution in [1.29, 1.82) is 0 Å². The molecule has 0 saturated heterocycles. The van der Waals surface area contributed by atoms with Gasteiger partial charge >= 0.3 is 11.9 Å². The lowest BCUT2D eigenvalue weighted by Gasteiger charge is -2.34. The zero-order chi connectivity index (χ0) is 43.1. The number of allylic oxidation sites excluding steroid dienone is 1. The Kier molecular flexibility index (Phi) is 19.4. The van der Waals surface area contributed by atoms with Gasteiger partial charge in [-0.15, -0.1) is 0 Å². The fourth-order valence-electron chi connectivity index (χ4n) is 6.43. The molecule has 0 saturated carbocycles. The van der Waals surface area contributed by atoms with E-state index in [0.29, 0.717) is 31.3 Å². The Morgan fingerprint density at radius 1 is 0.825 bits per heavy atom. The summed E-state index contributed by atoms with van der Waals surface area (Å²) in [5, 5.41) is 5.49. The highest BCUT2D eigenvalue weighted by Crippen LogP contribution is 2.20. The standard InChI is InChI=1S/C43H67N5O9/c1-13-28(6)37-41(53)47(11)31(9)43(55)56-34(27(4)5)22-18-17-19-29(7)42(54)57-35(23-26(2)3)38(50)44-30(8)39(51)48(12)33(24-32-20-15-14-16-21-32)40(52)46(10)25-36(49)45-37/h14-16,19-21,26-28,30-31,33-35,37H,13,17-18,22-25H2,1-12H3,(H,44,50)(H,45,49)/b29-19+/t28?,30-,31+,33+,34+,35+,37-/m0/s1. The lowest BCUT2D eigenvalue weighted by Crippen LogP contribution is -2.58. The number of rotatable bonds is 7. The molecule has 5 amide bonds. The number of esters is 2. The van der Waals surface area contributed by atoms with Crippen LogP contribution in [0.25, 0.3) is 0 Å². The van der Waals surface area contributed by atoms with E-state index in [9.17, 15) is 33.6 Å². The smallest absolute Gasteiger partial charge is 0.334 e. The Morgan fingerprint density at radius 2 is 1.46 bits per heavy atom. The van der Waals surface area contributed by atoms with Gasteiger partial charge in [0.15, 0.2) is 6.10 Å². The molecule has 2 N–H and O–H groups in total. The van der Waals surface area contributed by atoms with Crippen LogP contribution in [-0.2, 0) is 49.5 Å². The van der Waals surface area contributed by atoms with E-state index in [1.54, 1.807) is 19.9 Å². The summed E-state index contributed by atoms with van der Waals surface area (Å²) in [7, 11) is 4.39. The number of carbonyl (C=O) groups is 7. The number of hydrogen-bond acceptors (Lipinski definition) is 9. The van der Waals surface area contributed by atoms with E-state index in [1.807, 2.05) is 71.9 Å². The zero-order valence-corrected chi connectivity index (χ0v) is 36.1. The predicted octanol–water partition coefficient (Wildman–Crippen LogP) is 4.05. The normalized spacial score (nSPS) is 26.7. The van der Waals surface area contributed by atoms with Gasteiger partial charge in [0.2, 0.25) is 23.6 Å². The van der Waals surface area contributed by atoms with E-state index < -0.39 is 84.4 Å². The lowest BCUT2D eigenvalue weighted by atomic mass is 9.97. The number of likely N-dealkylation sites (N-methyl/N-ethyl adjacent to an activating group) is 3. The Bertz CT molecular complexity index is 1580. The van der Waals surface area contributed by atoms with Crippen molar-refractivity contribution in [3.8, 4) is 0 Å². The van der Waals surface area contributed by atoms with E-state index in [4.69, 9.17) is 9.47 Å². The van der Waals surface area contributed by atoms with Crippen molar-refractivity contribution < 1.29 is 43.0 Å². The zero-order valence-electron chi connectivity index (χ0n) is 36.1. The summed E-state index contributed by atoms with van der Waals surface area (Å²) >= 11 is 0. The van der Waals surface area contributed by atoms with Gasteiger partial charge in [0, 0.05) is 33.1 Å². The number of amides is 5. The Morgan fingerprint density at radius 3 is 2.04 bits per heavy atom. The molecule has 1 aromatic carbocycles. The van der Waals surface area contributed by atoms with Crippen molar-refractivity contribution in [2.75, 3.05) is 27.7 Å². The van der Waals surface area contributed by atoms with Gasteiger partial charge in [0.1, 0.15) is 30.3 Å². The first-order valence-corrected chi connectivity index (χ1v) is 20.2. The minimum absolute atomic E-state index is 0.0239. The van der Waals surface area contributed by atoms with Crippen LogP contribution in [0.3, 0.4) is 0 Å². The second-order valence-corrected chi connectivity index (χ2v) is 16.2. The monoisotopic (exact) mass is 797 g/mol. The fraction of sp³-hybridized carbons (Fsp3) is 0.651. The molecule has 0 fully saturated rings. The molecular formula is C43H67N5O9. The quantitative estimate of drug-likeness (QED) is 0.387. The SMILES string of the molecule is CCC(C)[C@@H]1NC(=O)CN(C)C(=O)[C@@H](Cc2ccccc2)N(C)C(=O)[C@H](C)NC(=O)[C@@H](CC(C)C)OC(=O)/C(C)=C/CCC[C@H](C(C)C)OC(=O)[C@@H](C)N(C)C1=O. The van der Waals surface area contributed by atoms with Gasteiger partial charge in [0.05, 0.1) is 6.54 Å². The molecule has 318 valence electrons. The van der Waals surface area contributed by atoms with E-state index in [1.165, 1.54) is 42.8 Å². The Balaban J connectivity index is 2.57. The largest absolute Gasteiger partial charge is 0.461 e. The Hall–Kier alpha value is -4.75. The summed E-state index contributed by atoms with van der Waals surface area (Å²) in [6.07, 6.45) is 2.49. The molecule has 0 aliphatic carbocycles. The van der Waals surface area contributed by atoms with Crippen molar-refractivity contribution in [3.63, 3.8) is 0 Å². The second-order valence-electron chi connectivity index (χ2n) is 16.2. The molecule has 1 aromatic rings. The van der Waals surface area contributed by atoms with Crippen molar-refractivity contribution in [3.05, 3.63) is 47.5 Å². The fourth-order valence-corrected chi connectivity index (χ4v) is 6.43. The molecule has 0 aromatic heterocycles. The molecule has 1 unspecified atom stereocenters. The van der Waals surface area contributed by atoms with Crippen LogP contribution in [0.2, 0.25) is 0 Å². The van der Waals surface area contributed by atoms with Crippen LogP contribution in [-0.4, -0.2) is 120 Å². The van der Waals surface area contributed by atoms with Gasteiger partial charge in [-0.3, -0.25) is 24.0 Å². The first-order chi connectivity index (χ1) is 26.7. The highest BCUT2D eigenvalue weighted by molar-refractivity contribution is 5.96. The Labute approximate surface area is 339 Å². The molecule has 0 spiro atoms. The van der Waals surface area contributed by atoms with Gasteiger partial charge < -0.3 is 34.8 Å². The third kappa shape index (κ3) is 14.6. The summed E-state index contributed by atoms with van der Waals surface area (Å²) in [6.45, 7) is 15.6. The van der Waals surface area contributed by atoms with E-state index in [-0.39, 0.29) is 30.6 Å². The van der Waals surface area contributed by atoms with E-state index in [2.05, 4.69) is 10.6 Å². The maximum absolute atomic E-state index is 14.1. The number of ether oxygens (including phenoxy) is 2. The number of cyclic esters (lactones) is 2. The average molecular weight is 798 g/mol. The van der Waals surface area contributed by atoms with Crippen molar-refractivity contribution in [1.82, 2.24) is 25.3 Å². The van der Waals surface area contributed by atoms with Crippen LogP contribution >= 0.6 is 0 Å². The van der Waals surface area contributed by atoms with Gasteiger partial charge in [0.25, 0.3) is 5.91 Å². The molecule has 14 heteroatoms. The summed E-state index contributed by atoms with van der Waals surface area (Å²) in [5.74, 6) is -4.47. The summed E-state index contributed by atoms with van der Waals surface area (Å²) in [5.41, 5.74) is 1.07. The molecule has 1 aliphatic heterocycles. The number of benzene rings is 1. The van der Waals surface area contributed by atoms with Crippen LogP contribution in [0.1, 0.15) is 100.0 Å². The predicted molar refractivity (Wildman–Crippen MR) is 217 cm³/mol. The molecule has 57 heavy (non-hydrogen) atoms. The van der Waals surface area contributed by atoms with Crippen LogP contribution in [0.15, 0.2) is 42.0 Å². The van der Waals surface area contributed by atoms with Crippen LogP contribution in [0.5, 0.6) is 0 Å².